The van der Waals surface area contributed by atoms with Crippen LogP contribution >= 0.6 is 11.3 Å². The number of hydrogen-bond donors (Lipinski definition) is 1. The first kappa shape index (κ1) is 13.6. The Labute approximate surface area is 105 Å². The molecular formula is C11H17N3O2S. The largest absolute Gasteiger partial charge is 0.334 e. The molecule has 1 rings (SSSR count). The molecule has 6 heteroatoms. The number of aromatic nitrogens is 1. The van der Waals surface area contributed by atoms with Gasteiger partial charge in [-0.25, -0.2) is 4.98 Å². The maximum absolute atomic E-state index is 11.7. The second-order valence-corrected chi connectivity index (χ2v) is 4.44. The topological polar surface area (TPSA) is 62.3 Å². The zero-order valence-electron chi connectivity index (χ0n) is 10.1. The van der Waals surface area contributed by atoms with Crippen LogP contribution < -0.4 is 5.32 Å². The van der Waals surface area contributed by atoms with Gasteiger partial charge in [0.2, 0.25) is 11.8 Å². The molecule has 1 aromatic heterocycles. The molecule has 0 aliphatic rings. The molecule has 0 aliphatic carbocycles. The molecule has 0 unspecified atom stereocenters. The molecule has 17 heavy (non-hydrogen) atoms. The van der Waals surface area contributed by atoms with Gasteiger partial charge in [-0.1, -0.05) is 6.92 Å². The van der Waals surface area contributed by atoms with Crippen molar-refractivity contribution in [3.05, 3.63) is 11.6 Å². The first-order valence-electron chi connectivity index (χ1n) is 5.64. The third-order valence-corrected chi connectivity index (χ3v) is 2.90. The normalized spacial score (nSPS) is 10.0. The molecule has 0 saturated heterocycles. The van der Waals surface area contributed by atoms with E-state index >= 15 is 0 Å². The van der Waals surface area contributed by atoms with Crippen LogP contribution in [0.4, 0.5) is 5.13 Å². The summed E-state index contributed by atoms with van der Waals surface area (Å²) in [5.41, 5.74) is 0. The van der Waals surface area contributed by atoms with E-state index < -0.39 is 0 Å². The van der Waals surface area contributed by atoms with E-state index in [0.717, 1.165) is 6.42 Å². The van der Waals surface area contributed by atoms with Crippen LogP contribution in [0.2, 0.25) is 0 Å². The van der Waals surface area contributed by atoms with E-state index in [1.54, 1.807) is 16.5 Å². The summed E-state index contributed by atoms with van der Waals surface area (Å²) < 4.78 is 0. The fourth-order valence-electron chi connectivity index (χ4n) is 1.37. The summed E-state index contributed by atoms with van der Waals surface area (Å²) in [7, 11) is 0. The van der Waals surface area contributed by atoms with E-state index in [2.05, 4.69) is 10.3 Å². The molecule has 94 valence electrons. The van der Waals surface area contributed by atoms with Crippen LogP contribution in [0, 0.1) is 0 Å². The van der Waals surface area contributed by atoms with E-state index in [-0.39, 0.29) is 18.4 Å². The number of likely N-dealkylation sites (N-methyl/N-ethyl adjacent to an activating group) is 1. The maximum Gasteiger partial charge on any atom is 0.245 e. The van der Waals surface area contributed by atoms with Crippen molar-refractivity contribution < 1.29 is 9.59 Å². The molecule has 0 spiro atoms. The highest BCUT2D eigenvalue weighted by molar-refractivity contribution is 7.13. The molecule has 0 saturated carbocycles. The number of carbonyl (C=O) groups excluding carboxylic acids is 2. The lowest BCUT2D eigenvalue weighted by Crippen LogP contribution is -2.37. The fourth-order valence-corrected chi connectivity index (χ4v) is 1.91. The van der Waals surface area contributed by atoms with Gasteiger partial charge in [0.1, 0.15) is 0 Å². The lowest BCUT2D eigenvalue weighted by molar-refractivity contribution is -0.134. The highest BCUT2D eigenvalue weighted by Gasteiger charge is 2.14. The van der Waals surface area contributed by atoms with Gasteiger partial charge < -0.3 is 10.2 Å². The summed E-state index contributed by atoms with van der Waals surface area (Å²) >= 11 is 1.36. The summed E-state index contributed by atoms with van der Waals surface area (Å²) in [4.78, 5) is 28.8. The van der Waals surface area contributed by atoms with Crippen molar-refractivity contribution in [2.24, 2.45) is 0 Å². The van der Waals surface area contributed by atoms with Crippen LogP contribution in [-0.4, -0.2) is 34.8 Å². The third kappa shape index (κ3) is 4.52. The maximum atomic E-state index is 11.7. The van der Waals surface area contributed by atoms with Gasteiger partial charge in [-0.15, -0.1) is 11.3 Å². The van der Waals surface area contributed by atoms with Gasteiger partial charge in [0, 0.05) is 24.5 Å². The zero-order valence-corrected chi connectivity index (χ0v) is 10.9. The molecule has 2 amide bonds. The smallest absolute Gasteiger partial charge is 0.245 e. The molecule has 0 atom stereocenters. The Hall–Kier alpha value is -1.43. The minimum atomic E-state index is -0.203. The molecular weight excluding hydrogens is 238 g/mol. The number of nitrogens with one attached hydrogen (secondary N) is 1. The molecule has 1 aromatic rings. The number of amides is 2. The molecule has 0 fully saturated rings. The third-order valence-electron chi connectivity index (χ3n) is 2.21. The minimum Gasteiger partial charge on any atom is -0.334 e. The Morgan fingerprint density at radius 1 is 1.47 bits per heavy atom. The van der Waals surface area contributed by atoms with Gasteiger partial charge in [0.15, 0.2) is 5.13 Å². The number of hydrogen-bond acceptors (Lipinski definition) is 4. The van der Waals surface area contributed by atoms with Crippen LogP contribution in [0.3, 0.4) is 0 Å². The van der Waals surface area contributed by atoms with Crippen LogP contribution in [0.5, 0.6) is 0 Å². The first-order valence-corrected chi connectivity index (χ1v) is 6.52. The molecule has 0 aromatic carbocycles. The molecule has 5 nitrogen and oxygen atoms in total. The monoisotopic (exact) mass is 255 g/mol. The van der Waals surface area contributed by atoms with E-state index in [1.165, 1.54) is 11.3 Å². The first-order chi connectivity index (χ1) is 8.17. The average molecular weight is 255 g/mol. The number of rotatable bonds is 6. The molecule has 1 N–H and O–H groups in total. The van der Waals surface area contributed by atoms with Gasteiger partial charge in [0.05, 0.1) is 6.54 Å². The summed E-state index contributed by atoms with van der Waals surface area (Å²) in [6.07, 6.45) is 2.90. The number of carbonyl (C=O) groups is 2. The summed E-state index contributed by atoms with van der Waals surface area (Å²) in [5.74, 6) is -0.185. The Bertz CT molecular complexity index is 365. The second-order valence-electron chi connectivity index (χ2n) is 3.54. The van der Waals surface area contributed by atoms with Crippen LogP contribution in [-0.2, 0) is 9.59 Å². The number of anilines is 1. The van der Waals surface area contributed by atoms with Gasteiger partial charge in [-0.3, -0.25) is 9.59 Å². The van der Waals surface area contributed by atoms with Crippen molar-refractivity contribution in [3.8, 4) is 0 Å². The minimum absolute atomic E-state index is 0.0179. The van der Waals surface area contributed by atoms with Crippen molar-refractivity contribution in [2.45, 2.75) is 26.7 Å². The summed E-state index contributed by atoms with van der Waals surface area (Å²) in [6, 6.07) is 0. The van der Waals surface area contributed by atoms with E-state index in [0.29, 0.717) is 18.1 Å². The van der Waals surface area contributed by atoms with Crippen LogP contribution in [0.25, 0.3) is 0 Å². The Morgan fingerprint density at radius 3 is 2.76 bits per heavy atom. The summed E-state index contributed by atoms with van der Waals surface area (Å²) in [5, 5.41) is 5.01. The highest BCUT2D eigenvalue weighted by Crippen LogP contribution is 2.10. The predicted octanol–water partition coefficient (Wildman–Crippen LogP) is 1.73. The second kappa shape index (κ2) is 7.01. The molecule has 1 heterocycles. The van der Waals surface area contributed by atoms with Crippen LogP contribution in [0.1, 0.15) is 26.7 Å². The number of thiazole rings is 1. The standard InChI is InChI=1S/C11H17N3O2S/c1-3-5-10(16)14(4-2)8-9(15)13-11-12-6-7-17-11/h6-7H,3-5,8H2,1-2H3,(H,12,13,15). The van der Waals surface area contributed by atoms with Crippen molar-refractivity contribution in [1.29, 1.82) is 0 Å². The lowest BCUT2D eigenvalue weighted by Gasteiger charge is -2.19. The Balaban J connectivity index is 2.45. The van der Waals surface area contributed by atoms with E-state index in [4.69, 9.17) is 0 Å². The van der Waals surface area contributed by atoms with Crippen molar-refractivity contribution in [1.82, 2.24) is 9.88 Å². The molecule has 0 radical (unpaired) electrons. The molecule has 0 bridgehead atoms. The van der Waals surface area contributed by atoms with Crippen molar-refractivity contribution >= 4 is 28.3 Å². The van der Waals surface area contributed by atoms with Crippen molar-refractivity contribution in [3.63, 3.8) is 0 Å². The number of nitrogens with zero attached hydrogens (tertiary/aromatic N) is 2. The molecule has 0 aliphatic heterocycles. The average Bonchev–Trinajstić information content (AvgIpc) is 2.78. The Kier molecular flexibility index (Phi) is 5.62. The van der Waals surface area contributed by atoms with Crippen molar-refractivity contribution in [2.75, 3.05) is 18.4 Å². The highest BCUT2D eigenvalue weighted by atomic mass is 32.1. The lowest BCUT2D eigenvalue weighted by atomic mass is 10.3. The summed E-state index contributed by atoms with van der Waals surface area (Å²) in [6.45, 7) is 4.45. The van der Waals surface area contributed by atoms with Gasteiger partial charge in [0.25, 0.3) is 0 Å². The van der Waals surface area contributed by atoms with Gasteiger partial charge >= 0.3 is 0 Å². The zero-order chi connectivity index (χ0) is 12.7. The predicted molar refractivity (Wildman–Crippen MR) is 67.9 cm³/mol. The fraction of sp³-hybridized carbons (Fsp3) is 0.545. The van der Waals surface area contributed by atoms with Gasteiger partial charge in [-0.05, 0) is 13.3 Å². The van der Waals surface area contributed by atoms with E-state index in [1.807, 2.05) is 13.8 Å². The SMILES string of the molecule is CCCC(=O)N(CC)CC(=O)Nc1nccs1. The quantitative estimate of drug-likeness (QED) is 0.842. The Morgan fingerprint density at radius 2 is 2.24 bits per heavy atom. The van der Waals surface area contributed by atoms with E-state index in [9.17, 15) is 9.59 Å². The van der Waals surface area contributed by atoms with Gasteiger partial charge in [-0.2, -0.15) is 0 Å². The van der Waals surface area contributed by atoms with Crippen LogP contribution in [0.15, 0.2) is 11.6 Å².